The van der Waals surface area contributed by atoms with Gasteiger partial charge in [-0.15, -0.1) is 11.3 Å². The number of hydrogen-bond donors (Lipinski definition) is 2. The lowest BCUT2D eigenvalue weighted by atomic mass is 10.0. The zero-order valence-corrected chi connectivity index (χ0v) is 12.8. The number of hydrogen-bond acceptors (Lipinski definition) is 3. The second kappa shape index (κ2) is 7.17. The first-order valence-corrected chi connectivity index (χ1v) is 7.57. The topological polar surface area (TPSA) is 66.4 Å². The van der Waals surface area contributed by atoms with E-state index in [4.69, 9.17) is 5.11 Å². The van der Waals surface area contributed by atoms with E-state index >= 15 is 0 Å². The minimum absolute atomic E-state index is 0.204. The zero-order valence-electron chi connectivity index (χ0n) is 12.0. The summed E-state index contributed by atoms with van der Waals surface area (Å²) in [6.07, 6.45) is -0.0450. The second-order valence-corrected chi connectivity index (χ2v) is 6.33. The van der Waals surface area contributed by atoms with Crippen LogP contribution in [-0.2, 0) is 16.0 Å². The maximum absolute atomic E-state index is 13.0. The van der Waals surface area contributed by atoms with Crippen molar-refractivity contribution in [3.63, 3.8) is 0 Å². The normalized spacial score (nSPS) is 11.9. The first-order chi connectivity index (χ1) is 10.4. The molecule has 2 rings (SSSR count). The molecule has 0 aliphatic heterocycles. The van der Waals surface area contributed by atoms with E-state index in [-0.39, 0.29) is 18.7 Å². The molecule has 1 aromatic heterocycles. The van der Waals surface area contributed by atoms with E-state index < -0.39 is 17.8 Å². The molecule has 1 amide bonds. The average molecular weight is 321 g/mol. The monoisotopic (exact) mass is 321 g/mol. The summed E-state index contributed by atoms with van der Waals surface area (Å²) in [6.45, 7) is 1.96. The van der Waals surface area contributed by atoms with Crippen LogP contribution in [0.1, 0.15) is 27.8 Å². The molecule has 0 fully saturated rings. The molecule has 4 nitrogen and oxygen atoms in total. The molecule has 0 spiro atoms. The molecule has 22 heavy (non-hydrogen) atoms. The van der Waals surface area contributed by atoms with Gasteiger partial charge >= 0.3 is 5.97 Å². The molecule has 2 N–H and O–H groups in total. The van der Waals surface area contributed by atoms with Gasteiger partial charge in [-0.2, -0.15) is 0 Å². The van der Waals surface area contributed by atoms with Crippen LogP contribution >= 0.6 is 11.3 Å². The number of halogens is 1. The Labute approximate surface area is 131 Å². The van der Waals surface area contributed by atoms with Crippen LogP contribution in [0.15, 0.2) is 36.4 Å². The van der Waals surface area contributed by atoms with Gasteiger partial charge in [-0.25, -0.2) is 4.39 Å². The van der Waals surface area contributed by atoms with E-state index in [1.54, 1.807) is 0 Å². The Morgan fingerprint density at radius 2 is 1.91 bits per heavy atom. The highest BCUT2D eigenvalue weighted by atomic mass is 32.1. The van der Waals surface area contributed by atoms with Crippen LogP contribution in [0.5, 0.6) is 0 Å². The fourth-order valence-corrected chi connectivity index (χ4v) is 2.99. The molecule has 0 saturated carbocycles. The molecule has 0 bridgehead atoms. The van der Waals surface area contributed by atoms with Gasteiger partial charge in [-0.3, -0.25) is 9.59 Å². The van der Waals surface area contributed by atoms with Crippen LogP contribution in [0.3, 0.4) is 0 Å². The van der Waals surface area contributed by atoms with Crippen LogP contribution in [0.25, 0.3) is 0 Å². The molecular formula is C16H16FNO3S. The Morgan fingerprint density at radius 1 is 1.23 bits per heavy atom. The minimum Gasteiger partial charge on any atom is -0.481 e. The van der Waals surface area contributed by atoms with Gasteiger partial charge in [0.15, 0.2) is 0 Å². The number of amides is 1. The summed E-state index contributed by atoms with van der Waals surface area (Å²) in [5.74, 6) is -1.68. The van der Waals surface area contributed by atoms with E-state index in [2.05, 4.69) is 5.32 Å². The lowest BCUT2D eigenvalue weighted by molar-refractivity contribution is -0.137. The summed E-state index contributed by atoms with van der Waals surface area (Å²) in [5.41, 5.74) is 0.569. The van der Waals surface area contributed by atoms with Crippen LogP contribution in [0, 0.1) is 12.7 Å². The van der Waals surface area contributed by atoms with Gasteiger partial charge in [0.1, 0.15) is 5.82 Å². The fraction of sp³-hybridized carbons (Fsp3) is 0.250. The van der Waals surface area contributed by atoms with Crippen LogP contribution in [0.2, 0.25) is 0 Å². The SMILES string of the molecule is Cc1ccc(CC(=O)N[C@H](CC(=O)O)c2ccc(F)cc2)s1. The number of aliphatic carboxylic acids is 1. The van der Waals surface area contributed by atoms with E-state index in [1.807, 2.05) is 19.1 Å². The van der Waals surface area contributed by atoms with Crippen molar-refractivity contribution in [2.45, 2.75) is 25.8 Å². The lowest BCUT2D eigenvalue weighted by Gasteiger charge is -2.17. The van der Waals surface area contributed by atoms with Crippen molar-refractivity contribution in [3.05, 3.63) is 57.5 Å². The Kier molecular flexibility index (Phi) is 5.27. The van der Waals surface area contributed by atoms with E-state index in [1.165, 1.54) is 35.6 Å². The van der Waals surface area contributed by atoms with Gasteiger partial charge in [-0.1, -0.05) is 12.1 Å². The molecule has 0 saturated heterocycles. The Hall–Kier alpha value is -2.21. The Balaban J connectivity index is 2.07. The number of carbonyl (C=O) groups is 2. The smallest absolute Gasteiger partial charge is 0.305 e. The summed E-state index contributed by atoms with van der Waals surface area (Å²) in [6, 6.07) is 8.60. The van der Waals surface area contributed by atoms with Crippen LogP contribution < -0.4 is 5.32 Å². The molecule has 116 valence electrons. The highest BCUT2D eigenvalue weighted by Crippen LogP contribution is 2.19. The number of rotatable bonds is 6. The Bertz CT molecular complexity index is 666. The van der Waals surface area contributed by atoms with Crippen molar-refractivity contribution in [3.8, 4) is 0 Å². The maximum Gasteiger partial charge on any atom is 0.305 e. The average Bonchev–Trinajstić information content (AvgIpc) is 2.83. The third kappa shape index (κ3) is 4.66. The minimum atomic E-state index is -1.03. The molecule has 0 unspecified atom stereocenters. The molecule has 1 heterocycles. The van der Waals surface area contributed by atoms with Gasteiger partial charge < -0.3 is 10.4 Å². The highest BCUT2D eigenvalue weighted by molar-refractivity contribution is 7.12. The first kappa shape index (κ1) is 16.2. The Morgan fingerprint density at radius 3 is 2.45 bits per heavy atom. The number of carboxylic acids is 1. The summed E-state index contributed by atoms with van der Waals surface area (Å²) >= 11 is 1.53. The van der Waals surface area contributed by atoms with Crippen molar-refractivity contribution in [1.29, 1.82) is 0 Å². The van der Waals surface area contributed by atoms with Crippen molar-refractivity contribution < 1.29 is 19.1 Å². The summed E-state index contributed by atoms with van der Waals surface area (Å²) < 4.78 is 13.0. The first-order valence-electron chi connectivity index (χ1n) is 6.76. The van der Waals surface area contributed by atoms with Crippen molar-refractivity contribution >= 4 is 23.2 Å². The summed E-state index contributed by atoms with van der Waals surface area (Å²) in [5, 5.41) is 11.7. The highest BCUT2D eigenvalue weighted by Gasteiger charge is 2.18. The molecule has 0 radical (unpaired) electrons. The molecule has 1 atom stereocenters. The van der Waals surface area contributed by atoms with Crippen LogP contribution in [0.4, 0.5) is 4.39 Å². The molecule has 2 aromatic rings. The molecular weight excluding hydrogens is 305 g/mol. The number of benzene rings is 1. The second-order valence-electron chi connectivity index (χ2n) is 4.96. The van der Waals surface area contributed by atoms with E-state index in [9.17, 15) is 14.0 Å². The standard InChI is InChI=1S/C16H16FNO3S/c1-10-2-7-13(22-10)8-15(19)18-14(9-16(20)21)11-3-5-12(17)6-4-11/h2-7,14H,8-9H2,1H3,(H,18,19)(H,20,21)/t14-/m1/s1. The van der Waals surface area contributed by atoms with Gasteiger partial charge in [0.25, 0.3) is 0 Å². The molecule has 0 aliphatic carbocycles. The third-order valence-electron chi connectivity index (χ3n) is 3.12. The van der Waals surface area contributed by atoms with Crippen molar-refractivity contribution in [1.82, 2.24) is 5.32 Å². The van der Waals surface area contributed by atoms with Gasteiger partial charge in [-0.05, 0) is 36.8 Å². The van der Waals surface area contributed by atoms with Crippen molar-refractivity contribution in [2.24, 2.45) is 0 Å². The maximum atomic E-state index is 13.0. The fourth-order valence-electron chi connectivity index (χ4n) is 2.11. The van der Waals surface area contributed by atoms with Gasteiger partial charge in [0.2, 0.25) is 5.91 Å². The number of carbonyl (C=O) groups excluding carboxylic acids is 1. The number of aryl methyl sites for hydroxylation is 1. The van der Waals surface area contributed by atoms with E-state index in [0.717, 1.165) is 9.75 Å². The predicted molar refractivity (Wildman–Crippen MR) is 82.3 cm³/mol. The zero-order chi connectivity index (χ0) is 16.1. The van der Waals surface area contributed by atoms with Crippen molar-refractivity contribution in [2.75, 3.05) is 0 Å². The summed E-state index contributed by atoms with van der Waals surface area (Å²) in [7, 11) is 0. The molecule has 0 aliphatic rings. The van der Waals surface area contributed by atoms with Crippen LogP contribution in [-0.4, -0.2) is 17.0 Å². The quantitative estimate of drug-likeness (QED) is 0.859. The molecule has 1 aromatic carbocycles. The number of carboxylic acid groups (broad SMARTS) is 1. The van der Waals surface area contributed by atoms with Gasteiger partial charge in [0.05, 0.1) is 18.9 Å². The summed E-state index contributed by atoms with van der Waals surface area (Å²) in [4.78, 5) is 25.1. The van der Waals surface area contributed by atoms with E-state index in [0.29, 0.717) is 5.56 Å². The van der Waals surface area contributed by atoms with Gasteiger partial charge in [0, 0.05) is 9.75 Å². The predicted octanol–water partition coefficient (Wildman–Crippen LogP) is 3.07. The lowest BCUT2D eigenvalue weighted by Crippen LogP contribution is -2.31. The largest absolute Gasteiger partial charge is 0.481 e. The number of nitrogens with one attached hydrogen (secondary N) is 1. The number of thiophene rings is 1. The molecule has 6 heteroatoms. The third-order valence-corrected chi connectivity index (χ3v) is 4.12.